The third kappa shape index (κ3) is 2.99. The van der Waals surface area contributed by atoms with E-state index < -0.39 is 41.8 Å². The van der Waals surface area contributed by atoms with Crippen LogP contribution in [0.5, 0.6) is 0 Å². The summed E-state index contributed by atoms with van der Waals surface area (Å²) in [6.45, 7) is 0. The van der Waals surface area contributed by atoms with Crippen LogP contribution in [0.15, 0.2) is 11.0 Å². The Bertz CT molecular complexity index is 578. The van der Waals surface area contributed by atoms with Crippen molar-refractivity contribution in [3.8, 4) is 0 Å². The summed E-state index contributed by atoms with van der Waals surface area (Å²) in [6, 6.07) is 0.329. The number of halogens is 4. The Morgan fingerprint density at radius 3 is 2.35 bits per heavy atom. The molecule has 0 N–H and O–H groups in total. The van der Waals surface area contributed by atoms with Gasteiger partial charge in [-0.3, -0.25) is 0 Å². The largest absolute Gasteiger partial charge is 0.366 e. The summed E-state index contributed by atoms with van der Waals surface area (Å²) >= 11 is 5.26. The maximum absolute atomic E-state index is 12.5. The highest BCUT2D eigenvalue weighted by atomic mass is 35.7. The van der Waals surface area contributed by atoms with Crippen LogP contribution in [-0.4, -0.2) is 18.3 Å². The molecule has 1 aromatic rings. The predicted molar refractivity (Wildman–Crippen MR) is 53.9 cm³/mol. The molecule has 17 heavy (non-hydrogen) atoms. The summed E-state index contributed by atoms with van der Waals surface area (Å²) in [5.41, 5.74) is -1.16. The van der Waals surface area contributed by atoms with Crippen molar-refractivity contribution in [1.29, 1.82) is 0 Å². The van der Waals surface area contributed by atoms with E-state index in [2.05, 4.69) is 4.98 Å². The zero-order valence-corrected chi connectivity index (χ0v) is 9.93. The van der Waals surface area contributed by atoms with E-state index in [9.17, 15) is 27.3 Å². The second-order valence-electron chi connectivity index (χ2n) is 2.68. The SMILES string of the molecule is O=[N+]([O-])c1cc(S(=O)(=O)Cl)c(C(F)F)c(Cl)n1. The maximum Gasteiger partial charge on any atom is 0.366 e. The molecule has 1 heterocycles. The molecule has 0 aliphatic heterocycles. The zero-order valence-electron chi connectivity index (χ0n) is 7.60. The lowest BCUT2D eigenvalue weighted by Gasteiger charge is -2.05. The highest BCUT2D eigenvalue weighted by molar-refractivity contribution is 8.13. The summed E-state index contributed by atoms with van der Waals surface area (Å²) in [4.78, 5) is 11.2. The molecule has 0 radical (unpaired) electrons. The quantitative estimate of drug-likeness (QED) is 0.370. The minimum atomic E-state index is -4.59. The third-order valence-corrected chi connectivity index (χ3v) is 3.28. The van der Waals surface area contributed by atoms with Crippen LogP contribution in [0.3, 0.4) is 0 Å². The number of hydrogen-bond acceptors (Lipinski definition) is 5. The topological polar surface area (TPSA) is 90.2 Å². The van der Waals surface area contributed by atoms with Crippen LogP contribution in [0.4, 0.5) is 14.6 Å². The normalized spacial score (nSPS) is 11.8. The number of nitrogens with zero attached hydrogens (tertiary/aromatic N) is 2. The molecule has 0 aliphatic rings. The van der Waals surface area contributed by atoms with Crippen LogP contribution in [0.25, 0.3) is 0 Å². The summed E-state index contributed by atoms with van der Waals surface area (Å²) in [6.07, 6.45) is -3.28. The second-order valence-corrected chi connectivity index (χ2v) is 5.57. The molecule has 0 unspecified atom stereocenters. The van der Waals surface area contributed by atoms with Gasteiger partial charge >= 0.3 is 5.82 Å². The minimum absolute atomic E-state index is 0.329. The fourth-order valence-corrected chi connectivity index (χ4v) is 2.39. The van der Waals surface area contributed by atoms with Gasteiger partial charge in [0.1, 0.15) is 10.5 Å². The van der Waals surface area contributed by atoms with Crippen molar-refractivity contribution in [1.82, 2.24) is 4.98 Å². The first-order chi connectivity index (χ1) is 7.64. The van der Waals surface area contributed by atoms with Crippen molar-refractivity contribution < 1.29 is 22.1 Å². The molecular weight excluding hydrogens is 305 g/mol. The number of rotatable bonds is 3. The van der Waals surface area contributed by atoms with Gasteiger partial charge in [-0.15, -0.1) is 0 Å². The fraction of sp³-hybridized carbons (Fsp3) is 0.167. The number of pyridine rings is 1. The standard InChI is InChI=1S/C6H2Cl2F2N2O4S/c7-5-4(6(9)10)2(17(8,15)16)1-3(11-5)12(13)14/h1,6H. The molecule has 0 saturated heterocycles. The molecule has 0 aromatic carbocycles. The maximum atomic E-state index is 12.5. The Balaban J connectivity index is 3.69. The van der Waals surface area contributed by atoms with Gasteiger partial charge in [-0.05, 0) is 21.5 Å². The summed E-state index contributed by atoms with van der Waals surface area (Å²) in [7, 11) is 0.293. The van der Waals surface area contributed by atoms with E-state index in [1.165, 1.54) is 0 Å². The number of nitro groups is 1. The molecule has 94 valence electrons. The molecule has 0 spiro atoms. The van der Waals surface area contributed by atoms with E-state index >= 15 is 0 Å². The molecule has 11 heteroatoms. The van der Waals surface area contributed by atoms with Crippen LogP contribution in [0.2, 0.25) is 5.15 Å². The Labute approximate surface area is 103 Å². The second kappa shape index (κ2) is 4.67. The molecule has 0 atom stereocenters. The zero-order chi connectivity index (χ0) is 13.4. The molecule has 0 bridgehead atoms. The molecule has 0 fully saturated rings. The van der Waals surface area contributed by atoms with E-state index in [4.69, 9.17) is 22.3 Å². The van der Waals surface area contributed by atoms with Gasteiger partial charge in [0, 0.05) is 10.7 Å². The van der Waals surface area contributed by atoms with Crippen molar-refractivity contribution >= 4 is 37.2 Å². The third-order valence-electron chi connectivity index (χ3n) is 1.63. The predicted octanol–water partition coefficient (Wildman–Crippen LogP) is 2.51. The van der Waals surface area contributed by atoms with Crippen LogP contribution in [0.1, 0.15) is 12.0 Å². The smallest absolute Gasteiger partial charge is 0.358 e. The molecule has 1 aromatic heterocycles. The fourth-order valence-electron chi connectivity index (χ4n) is 0.983. The molecule has 0 aliphatic carbocycles. The summed E-state index contributed by atoms with van der Waals surface area (Å²) in [5.74, 6) is -0.987. The minimum Gasteiger partial charge on any atom is -0.358 e. The Morgan fingerprint density at radius 1 is 1.47 bits per heavy atom. The first kappa shape index (κ1) is 14.0. The number of alkyl halides is 2. The highest BCUT2D eigenvalue weighted by Gasteiger charge is 2.31. The Hall–Kier alpha value is -1.06. The molecule has 0 amide bonds. The van der Waals surface area contributed by atoms with E-state index in [1.807, 2.05) is 0 Å². The molecule has 6 nitrogen and oxygen atoms in total. The van der Waals surface area contributed by atoms with E-state index in [0.717, 1.165) is 0 Å². The van der Waals surface area contributed by atoms with Gasteiger partial charge in [0.2, 0.25) is 0 Å². The monoisotopic (exact) mass is 306 g/mol. The van der Waals surface area contributed by atoms with Crippen molar-refractivity contribution in [2.45, 2.75) is 11.3 Å². The first-order valence-electron chi connectivity index (χ1n) is 3.72. The average molecular weight is 307 g/mol. The van der Waals surface area contributed by atoms with Crippen molar-refractivity contribution in [3.63, 3.8) is 0 Å². The van der Waals surface area contributed by atoms with E-state index in [-0.39, 0.29) is 0 Å². The van der Waals surface area contributed by atoms with Crippen LogP contribution in [-0.2, 0) is 9.05 Å². The van der Waals surface area contributed by atoms with Crippen LogP contribution in [0, 0.1) is 10.1 Å². The lowest BCUT2D eigenvalue weighted by Crippen LogP contribution is -2.04. The van der Waals surface area contributed by atoms with E-state index in [0.29, 0.717) is 6.07 Å². The van der Waals surface area contributed by atoms with E-state index in [1.54, 1.807) is 0 Å². The van der Waals surface area contributed by atoms with Gasteiger partial charge in [0.15, 0.2) is 0 Å². The van der Waals surface area contributed by atoms with Crippen molar-refractivity contribution in [2.24, 2.45) is 0 Å². The average Bonchev–Trinajstić information content (AvgIpc) is 2.14. The summed E-state index contributed by atoms with van der Waals surface area (Å²) in [5, 5.41) is 9.39. The first-order valence-corrected chi connectivity index (χ1v) is 6.41. The van der Waals surface area contributed by atoms with Gasteiger partial charge in [-0.25, -0.2) is 17.2 Å². The Morgan fingerprint density at radius 2 is 2.00 bits per heavy atom. The van der Waals surface area contributed by atoms with Gasteiger partial charge in [0.05, 0.1) is 6.07 Å². The van der Waals surface area contributed by atoms with Crippen molar-refractivity contribution in [2.75, 3.05) is 0 Å². The molecular formula is C6H2Cl2F2N2O4S. The van der Waals surface area contributed by atoms with Crippen LogP contribution < -0.4 is 0 Å². The lowest BCUT2D eigenvalue weighted by molar-refractivity contribution is -0.389. The van der Waals surface area contributed by atoms with Gasteiger partial charge in [-0.2, -0.15) is 0 Å². The summed E-state index contributed by atoms with van der Waals surface area (Å²) < 4.78 is 47.1. The Kier molecular flexibility index (Phi) is 3.84. The number of hydrogen-bond donors (Lipinski definition) is 0. The highest BCUT2D eigenvalue weighted by Crippen LogP contribution is 2.35. The van der Waals surface area contributed by atoms with Gasteiger partial charge < -0.3 is 10.1 Å². The van der Waals surface area contributed by atoms with Gasteiger partial charge in [-0.1, -0.05) is 0 Å². The molecule has 0 saturated carbocycles. The molecule has 1 rings (SSSR count). The number of aromatic nitrogens is 1. The van der Waals surface area contributed by atoms with Crippen LogP contribution >= 0.6 is 22.3 Å². The lowest BCUT2D eigenvalue weighted by atomic mass is 10.3. The van der Waals surface area contributed by atoms with Gasteiger partial charge in [0.25, 0.3) is 20.6 Å². The van der Waals surface area contributed by atoms with Crippen molar-refractivity contribution in [3.05, 3.63) is 26.9 Å².